The molecule has 8 nitrogen and oxygen atoms in total. The summed E-state index contributed by atoms with van der Waals surface area (Å²) in [4.78, 5) is 37.8. The first-order valence-corrected chi connectivity index (χ1v) is 7.19. The minimum atomic E-state index is -0.638. The number of hydrogen-bond donors (Lipinski definition) is 1. The van der Waals surface area contributed by atoms with E-state index in [1.165, 1.54) is 30.3 Å². The molecule has 0 saturated carbocycles. The van der Waals surface area contributed by atoms with Crippen LogP contribution < -0.4 is 5.32 Å². The maximum atomic E-state index is 12.2. The number of ether oxygens (including phenoxy) is 1. The summed E-state index contributed by atoms with van der Waals surface area (Å²) in [5.74, 6) is -1.25. The van der Waals surface area contributed by atoms with Crippen LogP contribution in [0.4, 0.5) is 11.4 Å². The smallest absolute Gasteiger partial charge is 0.356 e. The van der Waals surface area contributed by atoms with Crippen LogP contribution in [0.25, 0.3) is 0 Å². The van der Waals surface area contributed by atoms with Gasteiger partial charge in [0.1, 0.15) is 11.4 Å². The summed E-state index contributed by atoms with van der Waals surface area (Å²) in [6, 6.07) is 7.98. The fourth-order valence-electron chi connectivity index (χ4n) is 1.79. The van der Waals surface area contributed by atoms with Crippen molar-refractivity contribution in [1.82, 2.24) is 4.98 Å². The molecule has 0 aliphatic heterocycles. The van der Waals surface area contributed by atoms with Crippen molar-refractivity contribution in [2.45, 2.75) is 6.92 Å². The van der Waals surface area contributed by atoms with E-state index in [0.29, 0.717) is 0 Å². The minimum absolute atomic E-state index is 0.000651. The van der Waals surface area contributed by atoms with Crippen molar-refractivity contribution in [3.8, 4) is 0 Å². The summed E-state index contributed by atoms with van der Waals surface area (Å²) in [6.45, 7) is 1.85. The van der Waals surface area contributed by atoms with Crippen molar-refractivity contribution < 1.29 is 19.2 Å². The van der Waals surface area contributed by atoms with E-state index in [-0.39, 0.29) is 34.4 Å². The van der Waals surface area contributed by atoms with Crippen molar-refractivity contribution in [3.05, 3.63) is 62.9 Å². The molecule has 124 valence electrons. The number of rotatable bonds is 5. The summed E-state index contributed by atoms with van der Waals surface area (Å²) < 4.78 is 4.82. The summed E-state index contributed by atoms with van der Waals surface area (Å²) in [5, 5.41) is 13.2. The molecule has 24 heavy (non-hydrogen) atoms. The first-order chi connectivity index (χ1) is 11.4. The molecule has 0 aliphatic rings. The standard InChI is InChI=1S/C15H12ClN3O5/c1-2-24-15(21)13-5-3-4-12(17-13)14(20)18-11-7-6-9(19(22)23)8-10(11)16/h3-8H,2H2,1H3,(H,18,20). The Hall–Kier alpha value is -3.00. The van der Waals surface area contributed by atoms with Gasteiger partial charge in [0.2, 0.25) is 0 Å². The van der Waals surface area contributed by atoms with E-state index in [0.717, 1.165) is 6.07 Å². The van der Waals surface area contributed by atoms with E-state index in [2.05, 4.69) is 10.3 Å². The Labute approximate surface area is 141 Å². The predicted octanol–water partition coefficient (Wildman–Crippen LogP) is 3.07. The Morgan fingerprint density at radius 2 is 2.00 bits per heavy atom. The van der Waals surface area contributed by atoms with Crippen molar-refractivity contribution in [2.75, 3.05) is 11.9 Å². The van der Waals surface area contributed by atoms with Gasteiger partial charge in [-0.3, -0.25) is 14.9 Å². The quantitative estimate of drug-likeness (QED) is 0.504. The summed E-state index contributed by atoms with van der Waals surface area (Å²) in [6.07, 6.45) is 0. The average Bonchev–Trinajstić information content (AvgIpc) is 2.56. The molecule has 9 heteroatoms. The molecule has 0 unspecified atom stereocenters. The zero-order valence-corrected chi connectivity index (χ0v) is 13.2. The average molecular weight is 350 g/mol. The highest BCUT2D eigenvalue weighted by Gasteiger charge is 2.15. The van der Waals surface area contributed by atoms with Crippen LogP contribution in [0.3, 0.4) is 0 Å². The number of non-ortho nitro benzene ring substituents is 1. The second-order valence-electron chi connectivity index (χ2n) is 4.50. The number of amides is 1. The Kier molecular flexibility index (Phi) is 5.43. The second kappa shape index (κ2) is 7.51. The molecule has 2 aromatic rings. The number of anilines is 1. The highest BCUT2D eigenvalue weighted by atomic mass is 35.5. The van der Waals surface area contributed by atoms with Crippen molar-refractivity contribution >= 4 is 34.9 Å². The van der Waals surface area contributed by atoms with Crippen LogP contribution in [0.1, 0.15) is 27.9 Å². The number of hydrogen-bond acceptors (Lipinski definition) is 6. The lowest BCUT2D eigenvalue weighted by Gasteiger charge is -2.07. The van der Waals surface area contributed by atoms with Crippen LogP contribution >= 0.6 is 11.6 Å². The normalized spacial score (nSPS) is 10.1. The predicted molar refractivity (Wildman–Crippen MR) is 86.3 cm³/mol. The Balaban J connectivity index is 2.20. The van der Waals surface area contributed by atoms with Gasteiger partial charge in [0.15, 0.2) is 0 Å². The topological polar surface area (TPSA) is 111 Å². The largest absolute Gasteiger partial charge is 0.461 e. The molecule has 1 aromatic carbocycles. The number of nitro benzene ring substituents is 1. The van der Waals surface area contributed by atoms with Crippen LogP contribution in [0.5, 0.6) is 0 Å². The van der Waals surface area contributed by atoms with Crippen LogP contribution in [-0.2, 0) is 4.74 Å². The molecular formula is C15H12ClN3O5. The number of pyridine rings is 1. The fraction of sp³-hybridized carbons (Fsp3) is 0.133. The molecule has 1 N–H and O–H groups in total. The number of nitrogens with zero attached hydrogens (tertiary/aromatic N) is 2. The number of esters is 1. The Bertz CT molecular complexity index is 809. The third-order valence-corrected chi connectivity index (χ3v) is 3.19. The van der Waals surface area contributed by atoms with Gasteiger partial charge in [-0.05, 0) is 25.1 Å². The van der Waals surface area contributed by atoms with Crippen molar-refractivity contribution in [3.63, 3.8) is 0 Å². The molecule has 0 bridgehead atoms. The number of carbonyl (C=O) groups is 2. The van der Waals surface area contributed by atoms with E-state index >= 15 is 0 Å². The molecule has 0 radical (unpaired) electrons. The van der Waals surface area contributed by atoms with E-state index < -0.39 is 16.8 Å². The molecule has 2 rings (SSSR count). The number of halogens is 1. The lowest BCUT2D eigenvalue weighted by atomic mass is 10.2. The van der Waals surface area contributed by atoms with E-state index in [9.17, 15) is 19.7 Å². The van der Waals surface area contributed by atoms with Crippen molar-refractivity contribution in [1.29, 1.82) is 0 Å². The maximum absolute atomic E-state index is 12.2. The molecule has 0 spiro atoms. The fourth-order valence-corrected chi connectivity index (χ4v) is 2.01. The van der Waals surface area contributed by atoms with Gasteiger partial charge >= 0.3 is 5.97 Å². The van der Waals surface area contributed by atoms with Gasteiger partial charge in [-0.1, -0.05) is 17.7 Å². The molecule has 1 heterocycles. The molecule has 0 aliphatic carbocycles. The third-order valence-electron chi connectivity index (χ3n) is 2.88. The van der Waals surface area contributed by atoms with Crippen molar-refractivity contribution in [2.24, 2.45) is 0 Å². The van der Waals surface area contributed by atoms with Crippen LogP contribution in [-0.4, -0.2) is 28.4 Å². The number of nitrogens with one attached hydrogen (secondary N) is 1. The van der Waals surface area contributed by atoms with Gasteiger partial charge in [0.05, 0.1) is 22.2 Å². The third kappa shape index (κ3) is 4.05. The molecule has 1 aromatic heterocycles. The summed E-state index contributed by atoms with van der Waals surface area (Å²) in [5.41, 5.74) is -0.0229. The number of nitro groups is 1. The summed E-state index contributed by atoms with van der Waals surface area (Å²) >= 11 is 5.91. The second-order valence-corrected chi connectivity index (χ2v) is 4.91. The number of aromatic nitrogens is 1. The first kappa shape index (κ1) is 17.4. The SMILES string of the molecule is CCOC(=O)c1cccc(C(=O)Nc2ccc([N+](=O)[O-])cc2Cl)n1. The van der Waals surface area contributed by atoms with Gasteiger partial charge in [-0.2, -0.15) is 0 Å². The molecule has 0 saturated heterocycles. The highest BCUT2D eigenvalue weighted by Crippen LogP contribution is 2.26. The van der Waals surface area contributed by atoms with Crippen LogP contribution in [0.2, 0.25) is 5.02 Å². The van der Waals surface area contributed by atoms with Crippen LogP contribution in [0, 0.1) is 10.1 Å². The molecule has 0 fully saturated rings. The number of benzene rings is 1. The van der Waals surface area contributed by atoms with Gasteiger partial charge in [0, 0.05) is 12.1 Å². The molecular weight excluding hydrogens is 338 g/mol. The van der Waals surface area contributed by atoms with Gasteiger partial charge in [-0.25, -0.2) is 9.78 Å². The van der Waals surface area contributed by atoms with Gasteiger partial charge in [-0.15, -0.1) is 0 Å². The zero-order chi connectivity index (χ0) is 17.7. The first-order valence-electron chi connectivity index (χ1n) is 6.82. The Morgan fingerprint density at radius 1 is 1.29 bits per heavy atom. The zero-order valence-electron chi connectivity index (χ0n) is 12.5. The molecule has 0 atom stereocenters. The number of carbonyl (C=O) groups excluding carboxylic acids is 2. The molecule has 1 amide bonds. The minimum Gasteiger partial charge on any atom is -0.461 e. The lowest BCUT2D eigenvalue weighted by Crippen LogP contribution is -2.16. The monoisotopic (exact) mass is 349 g/mol. The van der Waals surface area contributed by atoms with E-state index in [1.807, 2.05) is 0 Å². The Morgan fingerprint density at radius 3 is 2.62 bits per heavy atom. The summed E-state index contributed by atoms with van der Waals surface area (Å²) in [7, 11) is 0. The van der Waals surface area contributed by atoms with E-state index in [1.54, 1.807) is 6.92 Å². The maximum Gasteiger partial charge on any atom is 0.356 e. The van der Waals surface area contributed by atoms with E-state index in [4.69, 9.17) is 16.3 Å². The van der Waals surface area contributed by atoms with Gasteiger partial charge < -0.3 is 10.1 Å². The van der Waals surface area contributed by atoms with Gasteiger partial charge in [0.25, 0.3) is 11.6 Å². The lowest BCUT2D eigenvalue weighted by molar-refractivity contribution is -0.384. The highest BCUT2D eigenvalue weighted by molar-refractivity contribution is 6.34. The van der Waals surface area contributed by atoms with Crippen LogP contribution in [0.15, 0.2) is 36.4 Å².